The molecule has 1 aliphatic carbocycles. The molecule has 4 rings (SSSR count). The second-order valence-corrected chi connectivity index (χ2v) is 7.06. The fraction of sp³-hybridized carbons (Fsp3) is 0.750. The molecule has 0 bridgehead atoms. The molecule has 0 spiro atoms. The zero-order valence-corrected chi connectivity index (χ0v) is 13.6. The number of hydrogen-bond donors (Lipinski definition) is 1. The number of likely N-dealkylation sites (N-methyl/N-ethyl adjacent to an activating group) is 1. The molecule has 1 saturated carbocycles. The molecule has 2 aliphatic heterocycles. The minimum Gasteiger partial charge on any atom is -0.391 e. The largest absolute Gasteiger partial charge is 0.391 e. The van der Waals surface area contributed by atoms with Crippen LogP contribution < -0.4 is 4.90 Å². The van der Waals surface area contributed by atoms with Crippen molar-refractivity contribution in [2.75, 3.05) is 38.1 Å². The van der Waals surface area contributed by atoms with Crippen molar-refractivity contribution in [1.29, 1.82) is 0 Å². The predicted octanol–water partition coefficient (Wildman–Crippen LogP) is 0.915. The molecule has 1 N–H and O–H groups in total. The lowest BCUT2D eigenvalue weighted by Crippen LogP contribution is -2.57. The molecule has 1 aromatic rings. The van der Waals surface area contributed by atoms with Crippen LogP contribution in [-0.2, 0) is 0 Å². The summed E-state index contributed by atoms with van der Waals surface area (Å²) in [7, 11) is 1.83. The van der Waals surface area contributed by atoms with Gasteiger partial charge < -0.3 is 10.0 Å². The lowest BCUT2D eigenvalue weighted by molar-refractivity contribution is -0.0342. The minimum absolute atomic E-state index is 0.0464. The Labute approximate surface area is 136 Å². The van der Waals surface area contributed by atoms with E-state index in [-0.39, 0.29) is 12.1 Å². The van der Waals surface area contributed by atoms with Crippen LogP contribution in [0, 0.1) is 0 Å². The molecule has 1 aromatic heterocycles. The number of aliphatic hydroxyl groups is 1. The number of hydrogen-bond acceptors (Lipinski definition) is 4. The average molecular weight is 319 g/mol. The molecule has 2 amide bonds. The lowest BCUT2D eigenvalue weighted by atomic mass is 9.89. The smallest absolute Gasteiger partial charge is 0.324 e. The molecule has 2 unspecified atom stereocenters. The van der Waals surface area contributed by atoms with E-state index < -0.39 is 0 Å². The van der Waals surface area contributed by atoms with Gasteiger partial charge in [-0.25, -0.2) is 4.79 Å². The summed E-state index contributed by atoms with van der Waals surface area (Å²) >= 11 is 0. The van der Waals surface area contributed by atoms with Gasteiger partial charge in [0.05, 0.1) is 24.0 Å². The molecule has 2 saturated heterocycles. The van der Waals surface area contributed by atoms with Crippen molar-refractivity contribution in [3.63, 3.8) is 0 Å². The van der Waals surface area contributed by atoms with Gasteiger partial charge >= 0.3 is 6.03 Å². The molecule has 3 heterocycles. The number of amides is 2. The number of anilines is 1. The summed E-state index contributed by atoms with van der Waals surface area (Å²) in [5.74, 6) is 0. The van der Waals surface area contributed by atoms with Crippen molar-refractivity contribution in [1.82, 2.24) is 19.6 Å². The van der Waals surface area contributed by atoms with Crippen molar-refractivity contribution in [2.45, 2.75) is 43.9 Å². The average Bonchev–Trinajstić information content (AvgIpc) is 3.08. The van der Waals surface area contributed by atoms with E-state index in [1.807, 2.05) is 17.9 Å². The summed E-state index contributed by atoms with van der Waals surface area (Å²) in [5.41, 5.74) is 0.885. The van der Waals surface area contributed by atoms with Crippen molar-refractivity contribution in [2.24, 2.45) is 0 Å². The molecule has 7 heteroatoms. The third kappa shape index (κ3) is 2.61. The molecule has 0 radical (unpaired) electrons. The Hall–Kier alpha value is -1.60. The van der Waals surface area contributed by atoms with Crippen LogP contribution in [-0.4, -0.2) is 76.1 Å². The summed E-state index contributed by atoms with van der Waals surface area (Å²) in [5, 5.41) is 14.6. The molecule has 7 nitrogen and oxygen atoms in total. The van der Waals surface area contributed by atoms with Gasteiger partial charge in [-0.1, -0.05) is 12.8 Å². The molecule has 3 aliphatic rings. The first-order chi connectivity index (χ1) is 11.1. The summed E-state index contributed by atoms with van der Waals surface area (Å²) < 4.78 is 1.98. The summed E-state index contributed by atoms with van der Waals surface area (Å²) in [6.45, 7) is 3.38. The number of urea groups is 1. The van der Waals surface area contributed by atoms with Gasteiger partial charge in [-0.05, 0) is 12.8 Å². The number of nitrogens with zero attached hydrogens (tertiary/aromatic N) is 5. The van der Waals surface area contributed by atoms with Crippen LogP contribution >= 0.6 is 0 Å². The molecule has 126 valence electrons. The lowest BCUT2D eigenvalue weighted by Gasteiger charge is -2.47. The van der Waals surface area contributed by atoms with Gasteiger partial charge in [-0.2, -0.15) is 5.10 Å². The first-order valence-electron chi connectivity index (χ1n) is 8.62. The SMILES string of the molecule is CN1CCN(c2cnn(C3CN(C4CCCCC4O)C3)c2)C1=O. The number of aromatic nitrogens is 2. The van der Waals surface area contributed by atoms with Crippen LogP contribution in [0.25, 0.3) is 0 Å². The molecular weight excluding hydrogens is 294 g/mol. The zero-order valence-electron chi connectivity index (χ0n) is 13.6. The molecular formula is C16H25N5O2. The maximum Gasteiger partial charge on any atom is 0.324 e. The topological polar surface area (TPSA) is 64.8 Å². The Morgan fingerprint density at radius 2 is 2.00 bits per heavy atom. The first kappa shape index (κ1) is 15.0. The maximum atomic E-state index is 12.0. The van der Waals surface area contributed by atoms with Crippen LogP contribution in [0.15, 0.2) is 12.4 Å². The highest BCUT2D eigenvalue weighted by Gasteiger charge is 2.38. The zero-order chi connectivity index (χ0) is 16.0. The third-order valence-electron chi connectivity index (χ3n) is 5.54. The van der Waals surface area contributed by atoms with Crippen LogP contribution in [0.1, 0.15) is 31.7 Å². The highest BCUT2D eigenvalue weighted by molar-refractivity contribution is 5.93. The second kappa shape index (κ2) is 5.79. The Bertz CT molecular complexity index is 583. The standard InChI is InChI=1S/C16H25N5O2/c1-18-6-7-20(16(18)23)12-8-17-21(11-12)13-9-19(10-13)14-4-2-3-5-15(14)22/h8,11,13-15,22H,2-7,9-10H2,1H3. The molecule has 23 heavy (non-hydrogen) atoms. The molecule has 2 atom stereocenters. The maximum absolute atomic E-state index is 12.0. The third-order valence-corrected chi connectivity index (χ3v) is 5.54. The fourth-order valence-electron chi connectivity index (χ4n) is 4.00. The second-order valence-electron chi connectivity index (χ2n) is 7.06. The Balaban J connectivity index is 1.37. The van der Waals surface area contributed by atoms with Crippen LogP contribution in [0.4, 0.5) is 10.5 Å². The molecule has 3 fully saturated rings. The summed E-state index contributed by atoms with van der Waals surface area (Å²) in [6.07, 6.45) is 8.01. The van der Waals surface area contributed by atoms with E-state index in [9.17, 15) is 9.90 Å². The van der Waals surface area contributed by atoms with Gasteiger partial charge in [0.1, 0.15) is 0 Å². The van der Waals surface area contributed by atoms with Crippen LogP contribution in [0.2, 0.25) is 0 Å². The number of likely N-dealkylation sites (tertiary alicyclic amines) is 1. The van der Waals surface area contributed by atoms with E-state index >= 15 is 0 Å². The van der Waals surface area contributed by atoms with Gasteiger partial charge in [-0.3, -0.25) is 14.5 Å². The van der Waals surface area contributed by atoms with Gasteiger partial charge in [0.15, 0.2) is 0 Å². The van der Waals surface area contributed by atoms with Gasteiger partial charge in [0.2, 0.25) is 0 Å². The summed E-state index contributed by atoms with van der Waals surface area (Å²) in [6, 6.07) is 0.724. The van der Waals surface area contributed by atoms with Gasteiger partial charge in [0.25, 0.3) is 0 Å². The van der Waals surface area contributed by atoms with E-state index in [0.717, 1.165) is 51.1 Å². The normalized spacial score (nSPS) is 30.1. The predicted molar refractivity (Wildman–Crippen MR) is 86.5 cm³/mol. The van der Waals surface area contributed by atoms with Crippen molar-refractivity contribution in [3.8, 4) is 0 Å². The highest BCUT2D eigenvalue weighted by atomic mass is 16.3. The Morgan fingerprint density at radius 3 is 2.70 bits per heavy atom. The highest BCUT2D eigenvalue weighted by Crippen LogP contribution is 2.31. The van der Waals surface area contributed by atoms with Crippen molar-refractivity contribution >= 4 is 11.7 Å². The van der Waals surface area contributed by atoms with Crippen molar-refractivity contribution in [3.05, 3.63) is 12.4 Å². The van der Waals surface area contributed by atoms with E-state index in [0.29, 0.717) is 12.1 Å². The van der Waals surface area contributed by atoms with E-state index in [1.54, 1.807) is 16.0 Å². The first-order valence-corrected chi connectivity index (χ1v) is 8.62. The van der Waals surface area contributed by atoms with Crippen LogP contribution in [0.5, 0.6) is 0 Å². The number of rotatable bonds is 3. The van der Waals surface area contributed by atoms with E-state index in [4.69, 9.17) is 0 Å². The fourth-order valence-corrected chi connectivity index (χ4v) is 4.00. The van der Waals surface area contributed by atoms with E-state index in [1.165, 1.54) is 6.42 Å². The van der Waals surface area contributed by atoms with E-state index in [2.05, 4.69) is 10.00 Å². The Morgan fingerprint density at radius 1 is 1.22 bits per heavy atom. The molecule has 0 aromatic carbocycles. The monoisotopic (exact) mass is 319 g/mol. The van der Waals surface area contributed by atoms with Crippen molar-refractivity contribution < 1.29 is 9.90 Å². The van der Waals surface area contributed by atoms with Gasteiger partial charge in [0, 0.05) is 45.5 Å². The van der Waals surface area contributed by atoms with Gasteiger partial charge in [-0.15, -0.1) is 0 Å². The Kier molecular flexibility index (Phi) is 3.77. The number of carbonyl (C=O) groups excluding carboxylic acids is 1. The quantitative estimate of drug-likeness (QED) is 0.900. The number of aliphatic hydroxyl groups excluding tert-OH is 1. The summed E-state index contributed by atoms with van der Waals surface area (Å²) in [4.78, 5) is 17.9. The minimum atomic E-state index is -0.171. The number of carbonyl (C=O) groups is 1. The van der Waals surface area contributed by atoms with Crippen LogP contribution in [0.3, 0.4) is 0 Å².